The van der Waals surface area contributed by atoms with Gasteiger partial charge in [-0.2, -0.15) is 0 Å². The third-order valence-corrected chi connectivity index (χ3v) is 6.17. The molecule has 0 saturated heterocycles. The Balaban J connectivity index is 2.10. The zero-order valence-corrected chi connectivity index (χ0v) is 20.8. The predicted octanol–water partition coefficient (Wildman–Crippen LogP) is 5.32. The number of thioether (sulfide) groups is 1. The number of halogens is 1. The number of carbonyl (C=O) groups excluding carboxylic acids is 2. The average molecular weight is 491 g/mol. The van der Waals surface area contributed by atoms with Gasteiger partial charge in [-0.05, 0) is 63.4 Å². The van der Waals surface area contributed by atoms with Crippen molar-refractivity contribution in [2.24, 2.45) is 0 Å². The summed E-state index contributed by atoms with van der Waals surface area (Å²) >= 11 is 5.02. The predicted molar refractivity (Wildman–Crippen MR) is 129 cm³/mol. The molecule has 0 aromatic heterocycles. The van der Waals surface area contributed by atoms with E-state index >= 15 is 0 Å². The molecule has 0 radical (unpaired) electrons. The Bertz CT molecular complexity index is 862. The number of nitrogens with zero attached hydrogens (tertiary/aromatic N) is 1. The Morgan fingerprint density at radius 2 is 1.73 bits per heavy atom. The van der Waals surface area contributed by atoms with Crippen LogP contribution in [0.1, 0.15) is 44.4 Å². The molecule has 0 fully saturated rings. The van der Waals surface area contributed by atoms with Gasteiger partial charge in [0.1, 0.15) is 6.04 Å². The molecular weight excluding hydrogens is 460 g/mol. The molecule has 0 aliphatic rings. The van der Waals surface area contributed by atoms with Crippen molar-refractivity contribution in [3.8, 4) is 0 Å². The third kappa shape index (κ3) is 7.80. The maximum Gasteiger partial charge on any atom is 0.242 e. The van der Waals surface area contributed by atoms with Crippen LogP contribution in [0.3, 0.4) is 0 Å². The summed E-state index contributed by atoms with van der Waals surface area (Å²) in [7, 11) is 0. The minimum Gasteiger partial charge on any atom is -0.350 e. The van der Waals surface area contributed by atoms with Crippen molar-refractivity contribution in [2.45, 2.75) is 58.5 Å². The van der Waals surface area contributed by atoms with Crippen LogP contribution in [0.15, 0.2) is 53.0 Å². The second-order valence-electron chi connectivity index (χ2n) is 8.48. The van der Waals surface area contributed by atoms with Crippen LogP contribution < -0.4 is 5.32 Å². The topological polar surface area (TPSA) is 49.4 Å². The van der Waals surface area contributed by atoms with Gasteiger partial charge < -0.3 is 10.2 Å². The van der Waals surface area contributed by atoms with Crippen molar-refractivity contribution in [3.63, 3.8) is 0 Å². The highest BCUT2D eigenvalue weighted by Crippen LogP contribution is 2.19. The highest BCUT2D eigenvalue weighted by molar-refractivity contribution is 9.10. The number of carbonyl (C=O) groups is 2. The van der Waals surface area contributed by atoms with E-state index in [1.807, 2.05) is 57.2 Å². The van der Waals surface area contributed by atoms with E-state index in [0.29, 0.717) is 12.3 Å². The number of nitrogens with one attached hydrogen (secondary N) is 1. The summed E-state index contributed by atoms with van der Waals surface area (Å²) in [6.07, 6.45) is 0. The average Bonchev–Trinajstić information content (AvgIpc) is 2.67. The molecule has 0 bridgehead atoms. The van der Waals surface area contributed by atoms with Gasteiger partial charge in [0.05, 0.1) is 5.75 Å². The highest BCUT2D eigenvalue weighted by atomic mass is 79.9. The molecule has 2 aromatic carbocycles. The van der Waals surface area contributed by atoms with Crippen LogP contribution in [-0.4, -0.2) is 34.0 Å². The van der Waals surface area contributed by atoms with Crippen LogP contribution in [0.4, 0.5) is 0 Å². The molecule has 0 heterocycles. The summed E-state index contributed by atoms with van der Waals surface area (Å²) in [5.74, 6) is 0.926. The van der Waals surface area contributed by atoms with Crippen molar-refractivity contribution < 1.29 is 9.59 Å². The van der Waals surface area contributed by atoms with E-state index in [4.69, 9.17) is 0 Å². The zero-order chi connectivity index (χ0) is 22.3. The van der Waals surface area contributed by atoms with Crippen molar-refractivity contribution >= 4 is 39.5 Å². The molecule has 0 saturated carbocycles. The van der Waals surface area contributed by atoms with Gasteiger partial charge in [-0.25, -0.2) is 0 Å². The van der Waals surface area contributed by atoms with Crippen molar-refractivity contribution in [1.29, 1.82) is 0 Å². The van der Waals surface area contributed by atoms with Crippen LogP contribution in [0, 0.1) is 6.92 Å². The smallest absolute Gasteiger partial charge is 0.242 e. The van der Waals surface area contributed by atoms with Gasteiger partial charge in [0.2, 0.25) is 11.8 Å². The van der Waals surface area contributed by atoms with Gasteiger partial charge in [-0.15, -0.1) is 11.8 Å². The molecule has 6 heteroatoms. The number of aryl methyl sites for hydroxylation is 1. The molecule has 1 atom stereocenters. The number of hydrogen-bond donors (Lipinski definition) is 1. The summed E-state index contributed by atoms with van der Waals surface area (Å²) in [5, 5.41) is 2.99. The van der Waals surface area contributed by atoms with E-state index in [1.165, 1.54) is 11.1 Å². The molecular formula is C24H31BrN2O2S. The fourth-order valence-corrected chi connectivity index (χ4v) is 4.20. The Kier molecular flexibility index (Phi) is 8.98. The van der Waals surface area contributed by atoms with Gasteiger partial charge >= 0.3 is 0 Å². The number of amides is 2. The van der Waals surface area contributed by atoms with Crippen LogP contribution in [0.5, 0.6) is 0 Å². The van der Waals surface area contributed by atoms with Crippen molar-refractivity contribution in [1.82, 2.24) is 10.2 Å². The normalized spacial score (nSPS) is 12.3. The van der Waals surface area contributed by atoms with Gasteiger partial charge in [0, 0.05) is 22.3 Å². The Hall–Kier alpha value is -1.79. The molecule has 4 nitrogen and oxygen atoms in total. The second kappa shape index (κ2) is 11.0. The number of rotatable bonds is 8. The summed E-state index contributed by atoms with van der Waals surface area (Å²) < 4.78 is 0.983. The van der Waals surface area contributed by atoms with Crippen LogP contribution in [0.25, 0.3) is 0 Å². The maximum absolute atomic E-state index is 13.1. The zero-order valence-electron chi connectivity index (χ0n) is 18.4. The Morgan fingerprint density at radius 3 is 2.33 bits per heavy atom. The third-order valence-electron chi connectivity index (χ3n) is 4.68. The maximum atomic E-state index is 13.1. The molecule has 2 rings (SSSR count). The molecule has 0 unspecified atom stereocenters. The number of hydrogen-bond acceptors (Lipinski definition) is 3. The molecule has 0 spiro atoms. The largest absolute Gasteiger partial charge is 0.350 e. The Morgan fingerprint density at radius 1 is 1.10 bits per heavy atom. The standard InChI is InChI=1S/C24H31BrN2O2S/c1-17-8-6-7-9-20(17)15-30-16-22(28)27(14-19-10-12-21(25)13-11-19)18(2)23(29)26-24(3,4)5/h6-13,18H,14-16H2,1-5H3,(H,26,29)/t18-/m1/s1. The van der Waals surface area contributed by atoms with Crippen LogP contribution in [0.2, 0.25) is 0 Å². The number of benzene rings is 2. The van der Waals surface area contributed by atoms with Crippen molar-refractivity contribution in [2.75, 3.05) is 5.75 Å². The molecule has 162 valence electrons. The minimum atomic E-state index is -0.556. The van der Waals surface area contributed by atoms with Gasteiger partial charge in [0.15, 0.2) is 0 Å². The highest BCUT2D eigenvalue weighted by Gasteiger charge is 2.28. The van der Waals surface area contributed by atoms with Crippen molar-refractivity contribution in [3.05, 3.63) is 69.7 Å². The first-order chi connectivity index (χ1) is 14.1. The molecule has 2 amide bonds. The first-order valence-electron chi connectivity index (χ1n) is 10.0. The molecule has 0 aliphatic carbocycles. The SMILES string of the molecule is Cc1ccccc1CSCC(=O)N(Cc1ccc(Br)cc1)[C@H](C)C(=O)NC(C)(C)C. The van der Waals surface area contributed by atoms with E-state index in [-0.39, 0.29) is 17.4 Å². The summed E-state index contributed by atoms with van der Waals surface area (Å²) in [6.45, 7) is 10.1. The lowest BCUT2D eigenvalue weighted by Gasteiger charge is -2.31. The summed E-state index contributed by atoms with van der Waals surface area (Å²) in [4.78, 5) is 27.6. The van der Waals surface area contributed by atoms with Gasteiger partial charge in [0.25, 0.3) is 0 Å². The molecule has 2 aromatic rings. The quantitative estimate of drug-likeness (QED) is 0.544. The lowest BCUT2D eigenvalue weighted by Crippen LogP contribution is -2.52. The van der Waals surface area contributed by atoms with E-state index in [1.54, 1.807) is 23.6 Å². The summed E-state index contributed by atoms with van der Waals surface area (Å²) in [5.41, 5.74) is 3.10. The molecule has 30 heavy (non-hydrogen) atoms. The first kappa shape index (κ1) is 24.5. The first-order valence-corrected chi connectivity index (χ1v) is 12.0. The fourth-order valence-electron chi connectivity index (χ4n) is 2.95. The molecule has 1 N–H and O–H groups in total. The lowest BCUT2D eigenvalue weighted by atomic mass is 10.1. The second-order valence-corrected chi connectivity index (χ2v) is 10.4. The monoisotopic (exact) mass is 490 g/mol. The van der Waals surface area contributed by atoms with E-state index in [0.717, 1.165) is 15.8 Å². The Labute approximate surface area is 192 Å². The van der Waals surface area contributed by atoms with Gasteiger partial charge in [-0.1, -0.05) is 52.3 Å². The van der Waals surface area contributed by atoms with E-state index in [9.17, 15) is 9.59 Å². The van der Waals surface area contributed by atoms with Gasteiger partial charge in [-0.3, -0.25) is 9.59 Å². The van der Waals surface area contributed by atoms with E-state index < -0.39 is 6.04 Å². The van der Waals surface area contributed by atoms with Crippen LogP contribution in [-0.2, 0) is 21.9 Å². The molecule has 0 aliphatic heterocycles. The summed E-state index contributed by atoms with van der Waals surface area (Å²) in [6, 6.07) is 15.5. The van der Waals surface area contributed by atoms with E-state index in [2.05, 4.69) is 40.3 Å². The fraction of sp³-hybridized carbons (Fsp3) is 0.417. The minimum absolute atomic E-state index is 0.0342. The lowest BCUT2D eigenvalue weighted by molar-refractivity contribution is -0.139. The van der Waals surface area contributed by atoms with Crippen LogP contribution >= 0.6 is 27.7 Å².